The van der Waals surface area contributed by atoms with Crippen LogP contribution in [-0.4, -0.2) is 9.55 Å². The molecule has 3 heterocycles. The number of nitrogens with zero attached hydrogens (tertiary/aromatic N) is 2. The average Bonchev–Trinajstić information content (AvgIpc) is 2.84. The monoisotopic (exact) mass is 257 g/mol. The van der Waals surface area contributed by atoms with Crippen molar-refractivity contribution < 1.29 is 0 Å². The van der Waals surface area contributed by atoms with E-state index in [9.17, 15) is 4.79 Å². The van der Waals surface area contributed by atoms with Crippen LogP contribution in [0.3, 0.4) is 0 Å². The summed E-state index contributed by atoms with van der Waals surface area (Å²) >= 11 is 1.58. The second-order valence-corrected chi connectivity index (χ2v) is 4.99. The third-order valence-electron chi connectivity index (χ3n) is 2.79. The van der Waals surface area contributed by atoms with Gasteiger partial charge in [0.1, 0.15) is 5.82 Å². The van der Waals surface area contributed by atoms with Gasteiger partial charge < -0.3 is 10.3 Å². The van der Waals surface area contributed by atoms with Crippen molar-refractivity contribution in [3.8, 4) is 0 Å². The van der Waals surface area contributed by atoms with Gasteiger partial charge in [0.15, 0.2) is 0 Å². The highest BCUT2D eigenvalue weighted by atomic mass is 32.1. The van der Waals surface area contributed by atoms with E-state index in [0.29, 0.717) is 12.4 Å². The second-order valence-electron chi connectivity index (χ2n) is 4.04. The second kappa shape index (κ2) is 4.27. The van der Waals surface area contributed by atoms with Gasteiger partial charge in [0.2, 0.25) is 0 Å². The lowest BCUT2D eigenvalue weighted by Crippen LogP contribution is -2.19. The summed E-state index contributed by atoms with van der Waals surface area (Å²) in [5.41, 5.74) is 6.52. The zero-order chi connectivity index (χ0) is 12.5. The van der Waals surface area contributed by atoms with Crippen molar-refractivity contribution in [2.24, 2.45) is 0 Å². The Morgan fingerprint density at radius 1 is 1.28 bits per heavy atom. The van der Waals surface area contributed by atoms with E-state index in [-0.39, 0.29) is 5.56 Å². The van der Waals surface area contributed by atoms with Crippen LogP contribution in [0.5, 0.6) is 0 Å². The van der Waals surface area contributed by atoms with Crippen molar-refractivity contribution in [2.75, 3.05) is 5.73 Å². The summed E-state index contributed by atoms with van der Waals surface area (Å²) in [7, 11) is 0. The molecule has 0 aliphatic carbocycles. The first-order valence-electron chi connectivity index (χ1n) is 5.51. The first-order chi connectivity index (χ1) is 8.74. The van der Waals surface area contributed by atoms with Crippen molar-refractivity contribution >= 4 is 27.2 Å². The van der Waals surface area contributed by atoms with Crippen molar-refractivity contribution in [1.82, 2.24) is 9.55 Å². The summed E-state index contributed by atoms with van der Waals surface area (Å²) in [5.74, 6) is 0.486. The number of hydrogen-bond donors (Lipinski definition) is 1. The minimum Gasteiger partial charge on any atom is -0.384 e. The molecule has 0 saturated heterocycles. The van der Waals surface area contributed by atoms with E-state index in [4.69, 9.17) is 5.73 Å². The third-order valence-corrected chi connectivity index (χ3v) is 3.67. The SMILES string of the molecule is Nc1ccc(Cn2ccc3sccc3c2=O)cn1. The number of nitrogens with two attached hydrogens (primary N) is 1. The molecule has 3 aromatic heterocycles. The van der Waals surface area contributed by atoms with Crippen molar-refractivity contribution in [1.29, 1.82) is 0 Å². The quantitative estimate of drug-likeness (QED) is 0.764. The molecule has 3 aromatic rings. The molecule has 0 amide bonds. The minimum absolute atomic E-state index is 0.0329. The molecule has 4 nitrogen and oxygen atoms in total. The average molecular weight is 257 g/mol. The molecule has 90 valence electrons. The zero-order valence-electron chi connectivity index (χ0n) is 9.54. The van der Waals surface area contributed by atoms with Gasteiger partial charge in [-0.25, -0.2) is 4.98 Å². The van der Waals surface area contributed by atoms with Crippen LogP contribution in [-0.2, 0) is 6.54 Å². The predicted molar refractivity (Wildman–Crippen MR) is 73.8 cm³/mol. The number of anilines is 1. The highest BCUT2D eigenvalue weighted by Crippen LogP contribution is 2.16. The summed E-state index contributed by atoms with van der Waals surface area (Å²) in [6, 6.07) is 7.45. The molecule has 5 heteroatoms. The molecule has 0 spiro atoms. The molecule has 0 aliphatic heterocycles. The van der Waals surface area contributed by atoms with E-state index in [2.05, 4.69) is 4.98 Å². The lowest BCUT2D eigenvalue weighted by atomic mass is 10.2. The van der Waals surface area contributed by atoms with Gasteiger partial charge in [-0.05, 0) is 29.1 Å². The Hall–Kier alpha value is -2.14. The van der Waals surface area contributed by atoms with Gasteiger partial charge in [-0.1, -0.05) is 6.07 Å². The zero-order valence-corrected chi connectivity index (χ0v) is 10.4. The predicted octanol–water partition coefficient (Wildman–Crippen LogP) is 2.09. The Morgan fingerprint density at radius 3 is 2.94 bits per heavy atom. The molecule has 0 fully saturated rings. The van der Waals surface area contributed by atoms with E-state index < -0.39 is 0 Å². The van der Waals surface area contributed by atoms with E-state index in [1.165, 1.54) is 0 Å². The first kappa shape index (κ1) is 11.0. The molecule has 0 atom stereocenters. The van der Waals surface area contributed by atoms with Crippen LogP contribution in [0, 0.1) is 0 Å². The summed E-state index contributed by atoms with van der Waals surface area (Å²) in [4.78, 5) is 16.2. The fraction of sp³-hybridized carbons (Fsp3) is 0.0769. The molecule has 0 saturated carbocycles. The number of pyridine rings is 2. The Bertz CT molecular complexity index is 743. The standard InChI is InChI=1S/C13H11N3OS/c14-12-2-1-9(7-15-12)8-16-5-3-11-10(13(16)17)4-6-18-11/h1-7H,8H2,(H2,14,15). The lowest BCUT2D eigenvalue weighted by molar-refractivity contribution is 0.765. The largest absolute Gasteiger partial charge is 0.384 e. The van der Waals surface area contributed by atoms with E-state index in [1.54, 1.807) is 28.2 Å². The maximum Gasteiger partial charge on any atom is 0.259 e. The van der Waals surface area contributed by atoms with Crippen LogP contribution < -0.4 is 11.3 Å². The Labute approximate surface area is 107 Å². The minimum atomic E-state index is 0.0329. The lowest BCUT2D eigenvalue weighted by Gasteiger charge is -2.05. The smallest absolute Gasteiger partial charge is 0.259 e. The van der Waals surface area contributed by atoms with Crippen LogP contribution in [0.4, 0.5) is 5.82 Å². The van der Waals surface area contributed by atoms with Gasteiger partial charge in [-0.2, -0.15) is 0 Å². The summed E-state index contributed by atoms with van der Waals surface area (Å²) in [6.07, 6.45) is 3.51. The van der Waals surface area contributed by atoms with Crippen LogP contribution in [0.25, 0.3) is 10.1 Å². The number of thiophene rings is 1. The molecule has 3 rings (SSSR count). The van der Waals surface area contributed by atoms with Gasteiger partial charge in [0, 0.05) is 17.1 Å². The maximum absolute atomic E-state index is 12.2. The molecule has 0 aromatic carbocycles. The van der Waals surface area contributed by atoms with Crippen molar-refractivity contribution in [3.05, 3.63) is 58.0 Å². The molecule has 0 aliphatic rings. The van der Waals surface area contributed by atoms with Crippen LogP contribution in [0.2, 0.25) is 0 Å². The molecule has 0 radical (unpaired) electrons. The first-order valence-corrected chi connectivity index (χ1v) is 6.39. The Morgan fingerprint density at radius 2 is 2.17 bits per heavy atom. The van der Waals surface area contributed by atoms with Crippen molar-refractivity contribution in [2.45, 2.75) is 6.54 Å². The third kappa shape index (κ3) is 1.89. The molecular weight excluding hydrogens is 246 g/mol. The highest BCUT2D eigenvalue weighted by Gasteiger charge is 2.04. The fourth-order valence-electron chi connectivity index (χ4n) is 1.86. The number of fused-ring (bicyclic) bond motifs is 1. The number of rotatable bonds is 2. The normalized spacial score (nSPS) is 10.9. The van der Waals surface area contributed by atoms with Gasteiger partial charge in [-0.15, -0.1) is 11.3 Å². The van der Waals surface area contributed by atoms with Crippen LogP contribution in [0.1, 0.15) is 5.56 Å². The highest BCUT2D eigenvalue weighted by molar-refractivity contribution is 7.17. The maximum atomic E-state index is 12.2. The van der Waals surface area contributed by atoms with Gasteiger partial charge in [0.05, 0.1) is 11.9 Å². The van der Waals surface area contributed by atoms with E-state index in [1.807, 2.05) is 29.8 Å². The number of hydrogen-bond acceptors (Lipinski definition) is 4. The molecular formula is C13H11N3OS. The molecule has 18 heavy (non-hydrogen) atoms. The van der Waals surface area contributed by atoms with E-state index in [0.717, 1.165) is 15.6 Å². The van der Waals surface area contributed by atoms with Crippen LogP contribution in [0.15, 0.2) is 46.8 Å². The molecule has 0 bridgehead atoms. The van der Waals surface area contributed by atoms with Gasteiger partial charge in [-0.3, -0.25) is 4.79 Å². The topological polar surface area (TPSA) is 60.9 Å². The van der Waals surface area contributed by atoms with Gasteiger partial charge in [0.25, 0.3) is 5.56 Å². The fourth-order valence-corrected chi connectivity index (χ4v) is 2.63. The Kier molecular flexibility index (Phi) is 2.60. The van der Waals surface area contributed by atoms with E-state index >= 15 is 0 Å². The molecule has 0 unspecified atom stereocenters. The summed E-state index contributed by atoms with van der Waals surface area (Å²) in [6.45, 7) is 0.512. The number of nitrogen functional groups attached to an aromatic ring is 1. The molecule has 2 N–H and O–H groups in total. The summed E-state index contributed by atoms with van der Waals surface area (Å²) in [5, 5.41) is 2.70. The van der Waals surface area contributed by atoms with Crippen molar-refractivity contribution in [3.63, 3.8) is 0 Å². The Balaban J connectivity index is 2.02. The number of aromatic nitrogens is 2. The van der Waals surface area contributed by atoms with Crippen LogP contribution >= 0.6 is 11.3 Å². The van der Waals surface area contributed by atoms with Gasteiger partial charge >= 0.3 is 0 Å². The summed E-state index contributed by atoms with van der Waals surface area (Å²) < 4.78 is 2.70.